The van der Waals surface area contributed by atoms with E-state index >= 15 is 0 Å². The van der Waals surface area contributed by atoms with Crippen molar-refractivity contribution in [3.63, 3.8) is 0 Å². The molecule has 1 amide bonds. The van der Waals surface area contributed by atoms with Gasteiger partial charge in [0.05, 0.1) is 18.6 Å². The molecule has 0 radical (unpaired) electrons. The van der Waals surface area contributed by atoms with Crippen LogP contribution in [0.15, 0.2) is 41.3 Å². The number of amides is 1. The summed E-state index contributed by atoms with van der Waals surface area (Å²) in [5.41, 5.74) is 0.977. The minimum absolute atomic E-state index is 0.0209. The van der Waals surface area contributed by atoms with Gasteiger partial charge in [-0.15, -0.1) is 0 Å². The number of carbonyl (C=O) groups excluding carboxylic acids is 1. The second kappa shape index (κ2) is 6.51. The van der Waals surface area contributed by atoms with Crippen molar-refractivity contribution in [2.45, 2.75) is 0 Å². The van der Waals surface area contributed by atoms with Gasteiger partial charge in [-0.3, -0.25) is 4.79 Å². The first-order valence-corrected chi connectivity index (χ1v) is 7.70. The zero-order valence-electron chi connectivity index (χ0n) is 11.3. The van der Waals surface area contributed by atoms with Crippen LogP contribution in [0.5, 0.6) is 0 Å². The van der Waals surface area contributed by atoms with Gasteiger partial charge in [0, 0.05) is 18.2 Å². The molecule has 0 aliphatic rings. The van der Waals surface area contributed by atoms with E-state index in [2.05, 4.69) is 9.72 Å². The van der Waals surface area contributed by atoms with Crippen LogP contribution in [0.25, 0.3) is 11.3 Å². The van der Waals surface area contributed by atoms with Crippen molar-refractivity contribution in [1.29, 1.82) is 0 Å². The van der Waals surface area contributed by atoms with Gasteiger partial charge in [0.15, 0.2) is 12.2 Å². The first-order chi connectivity index (χ1) is 10.0. The summed E-state index contributed by atoms with van der Waals surface area (Å²) in [5, 5.41) is 0. The maximum Gasteiger partial charge on any atom is 0.264 e. The number of ether oxygens (including phenoxy) is 1. The third-order valence-electron chi connectivity index (χ3n) is 2.67. The Kier molecular flexibility index (Phi) is 4.71. The maximum atomic E-state index is 11.9. The normalized spacial score (nSPS) is 11.3. The number of hydrogen-bond donors (Lipinski definition) is 1. The smallest absolute Gasteiger partial charge is 0.264 e. The Morgan fingerprint density at radius 1 is 1.33 bits per heavy atom. The molecule has 0 saturated carbocycles. The summed E-state index contributed by atoms with van der Waals surface area (Å²) >= 11 is 0. The standard InChI is InChI=1S/C13H14N2O5S/c1-19-6-7-21(17,18)15-13(16)11-4-2-10(3-5-11)12-8-14-9-20-12/h2-5,8-9H,6-7H2,1H3,(H,15,16). The Hall–Kier alpha value is -2.19. The van der Waals surface area contributed by atoms with Crippen LogP contribution < -0.4 is 4.72 Å². The molecule has 8 heteroatoms. The van der Waals surface area contributed by atoms with E-state index in [-0.39, 0.29) is 17.9 Å². The summed E-state index contributed by atoms with van der Waals surface area (Å²) in [6.45, 7) is 0.0209. The summed E-state index contributed by atoms with van der Waals surface area (Å²) < 4.78 is 35.0. The summed E-state index contributed by atoms with van der Waals surface area (Å²) in [7, 11) is -2.31. The second-order valence-corrected chi connectivity index (χ2v) is 6.03. The molecule has 112 valence electrons. The van der Waals surface area contributed by atoms with Gasteiger partial charge < -0.3 is 9.15 Å². The van der Waals surface area contributed by atoms with Gasteiger partial charge in [-0.25, -0.2) is 18.1 Å². The molecule has 0 unspecified atom stereocenters. The van der Waals surface area contributed by atoms with Gasteiger partial charge >= 0.3 is 0 Å². The molecule has 0 spiro atoms. The Balaban J connectivity index is 2.07. The number of rotatable bonds is 6. The molecule has 7 nitrogen and oxygen atoms in total. The van der Waals surface area contributed by atoms with E-state index in [1.807, 2.05) is 4.72 Å². The summed E-state index contributed by atoms with van der Waals surface area (Å²) in [6.07, 6.45) is 2.85. The van der Waals surface area contributed by atoms with E-state index in [4.69, 9.17) is 4.42 Å². The SMILES string of the molecule is COCCS(=O)(=O)NC(=O)c1ccc(-c2cnco2)cc1. The highest BCUT2D eigenvalue weighted by Crippen LogP contribution is 2.18. The first kappa shape index (κ1) is 15.2. The Bertz CT molecular complexity index is 693. The Labute approximate surface area is 122 Å². The van der Waals surface area contributed by atoms with Gasteiger partial charge in [0.25, 0.3) is 5.91 Å². The summed E-state index contributed by atoms with van der Waals surface area (Å²) in [4.78, 5) is 15.7. The fourth-order valence-electron chi connectivity index (χ4n) is 1.59. The van der Waals surface area contributed by atoms with E-state index in [1.54, 1.807) is 18.3 Å². The monoisotopic (exact) mass is 310 g/mol. The molecule has 0 aliphatic carbocycles. The predicted molar refractivity (Wildman–Crippen MR) is 75.1 cm³/mol. The number of hydrogen-bond acceptors (Lipinski definition) is 6. The zero-order chi connectivity index (χ0) is 15.3. The highest BCUT2D eigenvalue weighted by Gasteiger charge is 2.16. The molecule has 0 aliphatic heterocycles. The van der Waals surface area contributed by atoms with Crippen LogP contribution in [0.3, 0.4) is 0 Å². The molecular weight excluding hydrogens is 296 g/mol. The van der Waals surface area contributed by atoms with Gasteiger partial charge in [0.1, 0.15) is 0 Å². The number of benzene rings is 1. The molecule has 0 bridgehead atoms. The third-order valence-corrected chi connectivity index (χ3v) is 3.87. The number of nitrogens with zero attached hydrogens (tertiary/aromatic N) is 1. The molecule has 0 fully saturated rings. The molecule has 0 saturated heterocycles. The van der Waals surface area contributed by atoms with Crippen LogP contribution in [-0.2, 0) is 14.8 Å². The quantitative estimate of drug-likeness (QED) is 0.856. The first-order valence-electron chi connectivity index (χ1n) is 6.04. The second-order valence-electron chi connectivity index (χ2n) is 4.19. The van der Waals surface area contributed by atoms with Crippen LogP contribution in [0.2, 0.25) is 0 Å². The Morgan fingerprint density at radius 2 is 2.05 bits per heavy atom. The van der Waals surface area contributed by atoms with E-state index in [0.717, 1.165) is 5.56 Å². The van der Waals surface area contributed by atoms with Crippen LogP contribution in [0.1, 0.15) is 10.4 Å². The molecule has 0 atom stereocenters. The highest BCUT2D eigenvalue weighted by molar-refractivity contribution is 7.90. The molecule has 1 aromatic carbocycles. The number of nitrogens with one attached hydrogen (secondary N) is 1. The van der Waals surface area contributed by atoms with Crippen LogP contribution in [0.4, 0.5) is 0 Å². The lowest BCUT2D eigenvalue weighted by atomic mass is 10.1. The lowest BCUT2D eigenvalue weighted by molar-refractivity contribution is 0.0981. The minimum Gasteiger partial charge on any atom is -0.444 e. The zero-order valence-corrected chi connectivity index (χ0v) is 12.1. The van der Waals surface area contributed by atoms with Gasteiger partial charge in [-0.1, -0.05) is 12.1 Å². The van der Waals surface area contributed by atoms with Crippen molar-refractivity contribution in [3.05, 3.63) is 42.4 Å². The summed E-state index contributed by atoms with van der Waals surface area (Å²) in [6, 6.07) is 6.33. The van der Waals surface area contributed by atoms with E-state index in [0.29, 0.717) is 5.76 Å². The van der Waals surface area contributed by atoms with Crippen molar-refractivity contribution < 1.29 is 22.4 Å². The fourth-order valence-corrected chi connectivity index (χ4v) is 2.48. The minimum atomic E-state index is -3.70. The highest BCUT2D eigenvalue weighted by atomic mass is 32.2. The van der Waals surface area contributed by atoms with E-state index in [9.17, 15) is 13.2 Å². The lowest BCUT2D eigenvalue weighted by Crippen LogP contribution is -2.33. The predicted octanol–water partition coefficient (Wildman–Crippen LogP) is 1.05. The number of oxazole rings is 1. The third kappa shape index (κ3) is 4.14. The van der Waals surface area contributed by atoms with Crippen molar-refractivity contribution in [1.82, 2.24) is 9.71 Å². The molecule has 1 aromatic heterocycles. The largest absolute Gasteiger partial charge is 0.444 e. The molecular formula is C13H14N2O5S. The van der Waals surface area contributed by atoms with Crippen molar-refractivity contribution in [2.75, 3.05) is 19.5 Å². The molecule has 2 rings (SSSR count). The van der Waals surface area contributed by atoms with E-state index < -0.39 is 15.9 Å². The molecule has 21 heavy (non-hydrogen) atoms. The van der Waals surface area contributed by atoms with Crippen LogP contribution >= 0.6 is 0 Å². The fraction of sp³-hybridized carbons (Fsp3) is 0.231. The lowest BCUT2D eigenvalue weighted by Gasteiger charge is -2.06. The van der Waals surface area contributed by atoms with Crippen molar-refractivity contribution in [3.8, 4) is 11.3 Å². The number of methoxy groups -OCH3 is 1. The van der Waals surface area contributed by atoms with Crippen molar-refractivity contribution in [2.24, 2.45) is 0 Å². The van der Waals surface area contributed by atoms with Crippen LogP contribution in [-0.4, -0.2) is 38.8 Å². The van der Waals surface area contributed by atoms with Gasteiger partial charge in [0.2, 0.25) is 10.0 Å². The average Bonchev–Trinajstić information content (AvgIpc) is 2.99. The average molecular weight is 310 g/mol. The number of sulfonamides is 1. The maximum absolute atomic E-state index is 11.9. The van der Waals surface area contributed by atoms with Crippen molar-refractivity contribution >= 4 is 15.9 Å². The molecule has 2 aromatic rings. The van der Waals surface area contributed by atoms with E-state index in [1.165, 1.54) is 25.6 Å². The number of aromatic nitrogens is 1. The Morgan fingerprint density at radius 3 is 2.62 bits per heavy atom. The number of carbonyl (C=O) groups is 1. The van der Waals surface area contributed by atoms with Crippen LogP contribution in [0, 0.1) is 0 Å². The molecule has 1 N–H and O–H groups in total. The van der Waals surface area contributed by atoms with Gasteiger partial charge in [-0.05, 0) is 12.1 Å². The topological polar surface area (TPSA) is 98.5 Å². The van der Waals surface area contributed by atoms with Gasteiger partial charge in [-0.2, -0.15) is 0 Å². The summed E-state index contributed by atoms with van der Waals surface area (Å²) in [5.74, 6) is -0.393. The molecule has 1 heterocycles.